The van der Waals surface area contributed by atoms with Gasteiger partial charge in [-0.05, 0) is 81.1 Å². The quantitative estimate of drug-likeness (QED) is 0.329. The topological polar surface area (TPSA) is 105 Å². The molecule has 27 heavy (non-hydrogen) atoms. The van der Waals surface area contributed by atoms with Crippen LogP contribution >= 0.6 is 45.2 Å². The van der Waals surface area contributed by atoms with Gasteiger partial charge in [-0.2, -0.15) is 0 Å². The average molecular weight is 599 g/mol. The smallest absolute Gasteiger partial charge is 0.326 e. The molecule has 0 spiro atoms. The van der Waals surface area contributed by atoms with Crippen LogP contribution in [0.4, 0.5) is 0 Å². The zero-order valence-electron chi connectivity index (χ0n) is 14.7. The molecule has 1 amide bonds. The van der Waals surface area contributed by atoms with E-state index in [9.17, 15) is 19.8 Å². The van der Waals surface area contributed by atoms with Gasteiger partial charge in [0, 0.05) is 26.9 Å². The Bertz CT molecular complexity index is 784. The molecule has 7 nitrogen and oxygen atoms in total. The first-order chi connectivity index (χ1) is 12.6. The number of carbonyl (C=O) groups is 2. The Balaban J connectivity index is 2.16. The Morgan fingerprint density at radius 1 is 1.33 bits per heavy atom. The molecule has 0 aromatic heterocycles. The predicted molar refractivity (Wildman–Crippen MR) is 115 cm³/mol. The molecule has 0 aliphatic heterocycles. The number of carbonyl (C=O) groups excluding carboxylic acids is 1. The zero-order chi connectivity index (χ0) is 20.2. The van der Waals surface area contributed by atoms with Crippen LogP contribution in [-0.2, 0) is 20.7 Å². The van der Waals surface area contributed by atoms with E-state index < -0.39 is 23.7 Å². The minimum absolute atomic E-state index is 0.171. The molecular weight excluding hydrogens is 580 g/mol. The molecule has 0 heterocycles. The van der Waals surface area contributed by atoms with Gasteiger partial charge in [0.25, 0.3) is 0 Å². The molecule has 1 aliphatic carbocycles. The molecule has 0 bridgehead atoms. The average Bonchev–Trinajstić information content (AvgIpc) is 2.59. The SMILES string of the molecule is COC1(O)C=CC(Oc2c(I)cc(C[C@H](NC(C)=O)C(=O)O)cc2I)=CC1. The van der Waals surface area contributed by atoms with Crippen molar-refractivity contribution >= 4 is 57.1 Å². The second-order valence-corrected chi connectivity index (χ2v) is 8.30. The van der Waals surface area contributed by atoms with E-state index in [1.165, 1.54) is 20.1 Å². The van der Waals surface area contributed by atoms with Gasteiger partial charge in [-0.15, -0.1) is 0 Å². The molecule has 1 unspecified atom stereocenters. The molecule has 3 N–H and O–H groups in total. The van der Waals surface area contributed by atoms with Gasteiger partial charge in [-0.25, -0.2) is 4.79 Å². The number of amides is 1. The van der Waals surface area contributed by atoms with Crippen LogP contribution in [-0.4, -0.2) is 41.0 Å². The molecule has 0 fully saturated rings. The van der Waals surface area contributed by atoms with Gasteiger partial charge in [-0.1, -0.05) is 0 Å². The summed E-state index contributed by atoms with van der Waals surface area (Å²) in [5.41, 5.74) is 0.777. The van der Waals surface area contributed by atoms with Crippen LogP contribution in [0, 0.1) is 7.14 Å². The van der Waals surface area contributed by atoms with Crippen molar-refractivity contribution in [1.82, 2.24) is 5.32 Å². The number of benzene rings is 1. The highest BCUT2D eigenvalue weighted by molar-refractivity contribution is 14.1. The first kappa shape index (κ1) is 22.1. The van der Waals surface area contributed by atoms with Crippen molar-refractivity contribution in [1.29, 1.82) is 0 Å². The van der Waals surface area contributed by atoms with Crippen molar-refractivity contribution in [2.24, 2.45) is 0 Å². The molecular formula is C18H19I2NO6. The van der Waals surface area contributed by atoms with E-state index in [2.05, 4.69) is 50.5 Å². The van der Waals surface area contributed by atoms with Gasteiger partial charge in [0.15, 0.2) is 11.5 Å². The summed E-state index contributed by atoms with van der Waals surface area (Å²) in [6.07, 6.45) is 5.36. The molecule has 146 valence electrons. The summed E-state index contributed by atoms with van der Waals surface area (Å²) >= 11 is 4.24. The molecule has 2 rings (SSSR count). The first-order valence-electron chi connectivity index (χ1n) is 7.96. The summed E-state index contributed by atoms with van der Waals surface area (Å²) in [5, 5.41) is 21.7. The van der Waals surface area contributed by atoms with E-state index in [0.29, 0.717) is 11.5 Å². The highest BCUT2D eigenvalue weighted by Crippen LogP contribution is 2.32. The lowest BCUT2D eigenvalue weighted by atomic mass is 10.1. The predicted octanol–water partition coefficient (Wildman–Crippen LogP) is 2.59. The highest BCUT2D eigenvalue weighted by atomic mass is 127. The van der Waals surface area contributed by atoms with Crippen molar-refractivity contribution in [3.63, 3.8) is 0 Å². The number of halogens is 2. The van der Waals surface area contributed by atoms with Gasteiger partial charge in [0.2, 0.25) is 5.91 Å². The number of hydrogen-bond donors (Lipinski definition) is 3. The Hall–Kier alpha value is -1.18. The molecule has 1 aromatic carbocycles. The third-order valence-corrected chi connectivity index (χ3v) is 5.45. The number of hydrogen-bond acceptors (Lipinski definition) is 5. The van der Waals surface area contributed by atoms with Crippen LogP contribution in [0.15, 0.2) is 36.1 Å². The van der Waals surface area contributed by atoms with Crippen molar-refractivity contribution in [2.45, 2.75) is 31.6 Å². The first-order valence-corrected chi connectivity index (χ1v) is 10.1. The van der Waals surface area contributed by atoms with E-state index in [4.69, 9.17) is 9.47 Å². The van der Waals surface area contributed by atoms with Crippen LogP contribution in [0.1, 0.15) is 18.9 Å². The number of ether oxygens (including phenoxy) is 2. The maximum absolute atomic E-state index is 11.3. The standard InChI is InChI=1S/C18H19I2NO6/c1-10(22)21-15(17(23)24)9-11-7-13(19)16(14(20)8-11)27-12-3-5-18(25,26-2)6-4-12/h3-5,7-8,15,25H,6,9H2,1-2H3,(H,21,22)(H,23,24)/t15-,18?/m0/s1. The summed E-state index contributed by atoms with van der Waals surface area (Å²) in [4.78, 5) is 22.5. The van der Waals surface area contributed by atoms with Crippen molar-refractivity contribution in [3.05, 3.63) is 48.8 Å². The van der Waals surface area contributed by atoms with Crippen LogP contribution in [0.3, 0.4) is 0 Å². The fraction of sp³-hybridized carbons (Fsp3) is 0.333. The molecule has 0 saturated carbocycles. The number of carboxylic acids is 1. The highest BCUT2D eigenvalue weighted by Gasteiger charge is 2.25. The summed E-state index contributed by atoms with van der Waals surface area (Å²) in [7, 11) is 1.43. The number of aliphatic carboxylic acids is 1. The molecule has 2 atom stereocenters. The van der Waals surface area contributed by atoms with E-state index in [1.807, 2.05) is 12.1 Å². The van der Waals surface area contributed by atoms with Gasteiger partial charge in [0.05, 0.1) is 7.14 Å². The molecule has 9 heteroatoms. The summed E-state index contributed by atoms with van der Waals surface area (Å²) in [5.74, 6) is -1.56. The van der Waals surface area contributed by atoms with Crippen LogP contribution in [0.5, 0.6) is 5.75 Å². The fourth-order valence-corrected chi connectivity index (χ4v) is 4.57. The number of methoxy groups -OCH3 is 1. The summed E-state index contributed by atoms with van der Waals surface area (Å²) in [6, 6.07) is 2.67. The monoisotopic (exact) mass is 599 g/mol. The lowest BCUT2D eigenvalue weighted by Gasteiger charge is -2.25. The number of carboxylic acid groups (broad SMARTS) is 1. The molecule has 1 aliphatic rings. The lowest BCUT2D eigenvalue weighted by Crippen LogP contribution is -2.41. The normalized spacial score (nSPS) is 20.0. The zero-order valence-corrected chi connectivity index (χ0v) is 19.0. The second kappa shape index (κ2) is 9.34. The number of allylic oxidation sites excluding steroid dienone is 1. The van der Waals surface area contributed by atoms with Crippen LogP contribution in [0.25, 0.3) is 0 Å². The van der Waals surface area contributed by atoms with Gasteiger partial charge >= 0.3 is 5.97 Å². The third kappa shape index (κ3) is 6.16. The van der Waals surface area contributed by atoms with Gasteiger partial charge in [-0.3, -0.25) is 4.79 Å². The molecule has 0 saturated heterocycles. The second-order valence-electron chi connectivity index (χ2n) is 5.98. The largest absolute Gasteiger partial charge is 0.480 e. The molecule has 1 aromatic rings. The maximum atomic E-state index is 11.3. The minimum Gasteiger partial charge on any atom is -0.480 e. The molecule has 0 radical (unpaired) electrons. The number of nitrogens with one attached hydrogen (secondary N) is 1. The summed E-state index contributed by atoms with van der Waals surface area (Å²) in [6.45, 7) is 1.29. The lowest BCUT2D eigenvalue weighted by molar-refractivity contribution is -0.144. The van der Waals surface area contributed by atoms with Crippen molar-refractivity contribution in [3.8, 4) is 5.75 Å². The van der Waals surface area contributed by atoms with Crippen LogP contribution in [0.2, 0.25) is 0 Å². The van der Waals surface area contributed by atoms with E-state index in [0.717, 1.165) is 12.7 Å². The van der Waals surface area contributed by atoms with E-state index in [1.54, 1.807) is 12.2 Å². The Morgan fingerprint density at radius 2 is 1.96 bits per heavy atom. The third-order valence-electron chi connectivity index (χ3n) is 3.85. The maximum Gasteiger partial charge on any atom is 0.326 e. The minimum atomic E-state index is -1.31. The van der Waals surface area contributed by atoms with E-state index in [-0.39, 0.29) is 12.8 Å². The van der Waals surface area contributed by atoms with Crippen molar-refractivity contribution < 1.29 is 29.3 Å². The Morgan fingerprint density at radius 3 is 2.41 bits per heavy atom. The van der Waals surface area contributed by atoms with Gasteiger partial charge < -0.3 is 25.0 Å². The van der Waals surface area contributed by atoms with Crippen molar-refractivity contribution in [2.75, 3.05) is 7.11 Å². The van der Waals surface area contributed by atoms with Crippen LogP contribution < -0.4 is 10.1 Å². The fourth-order valence-electron chi connectivity index (χ4n) is 2.45. The number of aliphatic hydroxyl groups is 1. The number of rotatable bonds is 7. The Labute approximate surface area is 184 Å². The van der Waals surface area contributed by atoms with Gasteiger partial charge in [0.1, 0.15) is 11.8 Å². The Kier molecular flexibility index (Phi) is 7.65. The summed E-state index contributed by atoms with van der Waals surface area (Å²) < 4.78 is 12.6. The van der Waals surface area contributed by atoms with E-state index >= 15 is 0 Å².